The molecule has 0 nitrogen and oxygen atoms in total. The summed E-state index contributed by atoms with van der Waals surface area (Å²) in [5.41, 5.74) is 0.861. The summed E-state index contributed by atoms with van der Waals surface area (Å²) < 4.78 is 0. The molecule has 0 aromatic heterocycles. The Balaban J connectivity index is 0.000000451. The van der Waals surface area contributed by atoms with Crippen LogP contribution in [0, 0.1) is 11.3 Å². The molecule has 2 saturated carbocycles. The molecule has 0 aromatic carbocycles. The van der Waals surface area contributed by atoms with Gasteiger partial charge >= 0.3 is 0 Å². The molecule has 2 aliphatic carbocycles. The summed E-state index contributed by atoms with van der Waals surface area (Å²) in [5.74, 6) is 1.75. The monoisotopic (exact) mass is 351 g/mol. The second kappa shape index (κ2) is 6.22. The molecule has 2 rings (SSSR count). The SMILES string of the molecule is CC.C[C-]1CCC2(CCC2)CC1.[W]. The van der Waals surface area contributed by atoms with E-state index >= 15 is 0 Å². The fourth-order valence-corrected chi connectivity index (χ4v) is 2.38. The second-order valence-electron chi connectivity index (χ2n) is 4.31. The third-order valence-electron chi connectivity index (χ3n) is 3.58. The molecule has 78 valence electrons. The molecule has 0 bridgehead atoms. The zero-order valence-corrected chi connectivity index (χ0v) is 12.3. The number of rotatable bonds is 0. The van der Waals surface area contributed by atoms with Gasteiger partial charge in [-0.25, -0.2) is 0 Å². The van der Waals surface area contributed by atoms with E-state index in [9.17, 15) is 0 Å². The predicted octanol–water partition coefficient (Wildman–Crippen LogP) is 4.35. The van der Waals surface area contributed by atoms with Gasteiger partial charge in [0.2, 0.25) is 0 Å². The fourth-order valence-electron chi connectivity index (χ4n) is 2.38. The molecule has 0 aromatic rings. The van der Waals surface area contributed by atoms with Gasteiger partial charge < -0.3 is 5.92 Å². The molecule has 0 heterocycles. The van der Waals surface area contributed by atoms with E-state index in [1.54, 1.807) is 18.8 Å². The third-order valence-corrected chi connectivity index (χ3v) is 3.58. The molecule has 0 N–H and O–H groups in total. The first kappa shape index (κ1) is 13.7. The first-order chi connectivity index (χ1) is 5.81. The van der Waals surface area contributed by atoms with Gasteiger partial charge in [-0.2, -0.15) is 19.8 Å². The Labute approximate surface area is 98.1 Å². The molecule has 0 saturated heterocycles. The van der Waals surface area contributed by atoms with Crippen LogP contribution in [0.15, 0.2) is 0 Å². The van der Waals surface area contributed by atoms with Gasteiger partial charge in [-0.3, -0.25) is 0 Å². The fraction of sp³-hybridized carbons (Fsp3) is 0.917. The summed E-state index contributed by atoms with van der Waals surface area (Å²) in [6.45, 7) is 6.32. The van der Waals surface area contributed by atoms with Crippen molar-refractivity contribution >= 4 is 0 Å². The van der Waals surface area contributed by atoms with E-state index in [0.717, 1.165) is 5.41 Å². The van der Waals surface area contributed by atoms with Crippen LogP contribution in [0.5, 0.6) is 0 Å². The van der Waals surface area contributed by atoms with Crippen LogP contribution in [0.25, 0.3) is 0 Å². The van der Waals surface area contributed by atoms with Crippen LogP contribution >= 0.6 is 0 Å². The van der Waals surface area contributed by atoms with Gasteiger partial charge in [0.05, 0.1) is 0 Å². The molecule has 2 fully saturated rings. The third kappa shape index (κ3) is 3.39. The molecule has 1 spiro atoms. The van der Waals surface area contributed by atoms with Crippen LogP contribution in [0.4, 0.5) is 0 Å². The van der Waals surface area contributed by atoms with Crippen molar-refractivity contribution in [2.75, 3.05) is 0 Å². The topological polar surface area (TPSA) is 0 Å². The van der Waals surface area contributed by atoms with Gasteiger partial charge in [-0.15, -0.1) is 0 Å². The van der Waals surface area contributed by atoms with Gasteiger partial charge in [0.25, 0.3) is 0 Å². The molecule has 0 atom stereocenters. The van der Waals surface area contributed by atoms with Gasteiger partial charge in [-0.1, -0.05) is 33.1 Å². The molecule has 0 radical (unpaired) electrons. The molecule has 1 heteroatoms. The van der Waals surface area contributed by atoms with Crippen LogP contribution in [-0.4, -0.2) is 0 Å². The second-order valence-corrected chi connectivity index (χ2v) is 4.31. The van der Waals surface area contributed by atoms with Crippen molar-refractivity contribution < 1.29 is 21.1 Å². The standard InChI is InChI=1S/C10H17.C2H6.W/c1-9-3-7-10(8-4-9)5-2-6-10;1-2;/h2-8H2,1H3;1-2H3;/q-1;;. The number of hydrogen-bond donors (Lipinski definition) is 0. The van der Waals surface area contributed by atoms with E-state index in [2.05, 4.69) is 6.92 Å². The van der Waals surface area contributed by atoms with E-state index in [0.29, 0.717) is 0 Å². The van der Waals surface area contributed by atoms with Crippen molar-refractivity contribution in [1.29, 1.82) is 0 Å². The summed E-state index contributed by atoms with van der Waals surface area (Å²) in [5, 5.41) is 0. The minimum atomic E-state index is 0. The van der Waals surface area contributed by atoms with Crippen molar-refractivity contribution in [3.8, 4) is 0 Å². The average molecular weight is 351 g/mol. The van der Waals surface area contributed by atoms with Crippen molar-refractivity contribution in [2.24, 2.45) is 5.41 Å². The van der Waals surface area contributed by atoms with Gasteiger partial charge in [0.15, 0.2) is 0 Å². The summed E-state index contributed by atoms with van der Waals surface area (Å²) in [6.07, 6.45) is 10.5. The Morgan fingerprint density at radius 2 is 1.38 bits per heavy atom. The molecule has 0 amide bonds. The van der Waals surface area contributed by atoms with Gasteiger partial charge in [0, 0.05) is 21.1 Å². The van der Waals surface area contributed by atoms with Crippen molar-refractivity contribution in [2.45, 2.75) is 65.7 Å². The quantitative estimate of drug-likeness (QED) is 0.570. The predicted molar refractivity (Wildman–Crippen MR) is 55.0 cm³/mol. The molecule has 0 aliphatic heterocycles. The molecular weight excluding hydrogens is 328 g/mol. The minimum Gasteiger partial charge on any atom is -0.317 e. The Morgan fingerprint density at radius 3 is 1.69 bits per heavy atom. The maximum Gasteiger partial charge on any atom is 0 e. The normalized spacial score (nSPS) is 25.2. The minimum absolute atomic E-state index is 0. The molecule has 0 unspecified atom stereocenters. The Kier molecular flexibility index (Phi) is 6.55. The van der Waals surface area contributed by atoms with Crippen LogP contribution in [0.1, 0.15) is 65.7 Å². The maximum absolute atomic E-state index is 2.32. The zero-order valence-electron chi connectivity index (χ0n) is 9.36. The van der Waals surface area contributed by atoms with Gasteiger partial charge in [-0.05, 0) is 18.3 Å². The largest absolute Gasteiger partial charge is 0.317 e. The summed E-state index contributed by atoms with van der Waals surface area (Å²) in [4.78, 5) is 0. The van der Waals surface area contributed by atoms with Crippen molar-refractivity contribution in [3.63, 3.8) is 0 Å². The molecular formula is C12H23W-. The van der Waals surface area contributed by atoms with E-state index < -0.39 is 0 Å². The first-order valence-electron chi connectivity index (χ1n) is 5.62. The van der Waals surface area contributed by atoms with E-state index in [4.69, 9.17) is 0 Å². The summed E-state index contributed by atoms with van der Waals surface area (Å²) in [7, 11) is 0. The van der Waals surface area contributed by atoms with E-state index in [1.807, 2.05) is 13.8 Å². The van der Waals surface area contributed by atoms with E-state index in [1.165, 1.54) is 32.1 Å². The van der Waals surface area contributed by atoms with E-state index in [-0.39, 0.29) is 21.1 Å². The average Bonchev–Trinajstić information content (AvgIpc) is 2.07. The van der Waals surface area contributed by atoms with Crippen molar-refractivity contribution in [3.05, 3.63) is 5.92 Å². The van der Waals surface area contributed by atoms with Crippen LogP contribution in [0.2, 0.25) is 0 Å². The van der Waals surface area contributed by atoms with Crippen LogP contribution in [-0.2, 0) is 21.1 Å². The Morgan fingerprint density at radius 1 is 0.923 bits per heavy atom. The Hall–Kier alpha value is 0.688. The van der Waals surface area contributed by atoms with Gasteiger partial charge in [0.1, 0.15) is 0 Å². The van der Waals surface area contributed by atoms with Crippen LogP contribution in [0.3, 0.4) is 0 Å². The molecule has 2 aliphatic rings. The Bertz CT molecular complexity index is 117. The maximum atomic E-state index is 2.32. The van der Waals surface area contributed by atoms with Crippen molar-refractivity contribution in [1.82, 2.24) is 0 Å². The summed E-state index contributed by atoms with van der Waals surface area (Å²) in [6, 6.07) is 0. The number of hydrogen-bond acceptors (Lipinski definition) is 0. The molecule has 13 heavy (non-hydrogen) atoms. The first-order valence-corrected chi connectivity index (χ1v) is 5.62. The smallest absolute Gasteiger partial charge is 0 e. The zero-order chi connectivity index (χ0) is 9.03. The summed E-state index contributed by atoms with van der Waals surface area (Å²) >= 11 is 0. The van der Waals surface area contributed by atoms with Crippen LogP contribution < -0.4 is 0 Å².